The Kier molecular flexibility index (Phi) is 9.14. The van der Waals surface area contributed by atoms with Gasteiger partial charge in [-0.05, 0) is 51.9 Å². The van der Waals surface area contributed by atoms with E-state index in [-0.39, 0.29) is 24.0 Å². The van der Waals surface area contributed by atoms with E-state index in [4.69, 9.17) is 9.73 Å². The van der Waals surface area contributed by atoms with Gasteiger partial charge in [0.25, 0.3) is 0 Å². The number of piperazine rings is 1. The smallest absolute Gasteiger partial charge is 0.194 e. The SMILES string of the molecule is CCNC(=NCC(C1CC1)N(C)C)N1CCN(c2ccccc2OC)CC1.I. The van der Waals surface area contributed by atoms with E-state index in [0.717, 1.165) is 56.9 Å². The number of anilines is 1. The van der Waals surface area contributed by atoms with E-state index < -0.39 is 0 Å². The normalized spacial score (nSPS) is 18.7. The average Bonchev–Trinajstić information content (AvgIpc) is 3.52. The van der Waals surface area contributed by atoms with Crippen LogP contribution in [-0.2, 0) is 0 Å². The topological polar surface area (TPSA) is 43.3 Å². The van der Waals surface area contributed by atoms with Gasteiger partial charge in [0.2, 0.25) is 0 Å². The predicted octanol–water partition coefficient (Wildman–Crippen LogP) is 2.74. The van der Waals surface area contributed by atoms with Gasteiger partial charge in [-0.3, -0.25) is 4.99 Å². The fourth-order valence-corrected chi connectivity index (χ4v) is 3.87. The Morgan fingerprint density at radius 1 is 1.21 bits per heavy atom. The van der Waals surface area contributed by atoms with Crippen LogP contribution in [0.2, 0.25) is 0 Å². The van der Waals surface area contributed by atoms with Crippen molar-refractivity contribution in [3.8, 4) is 5.75 Å². The van der Waals surface area contributed by atoms with Crippen molar-refractivity contribution in [2.75, 3.05) is 65.4 Å². The van der Waals surface area contributed by atoms with Gasteiger partial charge in [0, 0.05) is 38.8 Å². The van der Waals surface area contributed by atoms with Gasteiger partial charge in [-0.1, -0.05) is 12.1 Å². The van der Waals surface area contributed by atoms with Gasteiger partial charge in [-0.2, -0.15) is 0 Å². The van der Waals surface area contributed by atoms with E-state index in [1.54, 1.807) is 7.11 Å². The molecule has 0 radical (unpaired) electrons. The van der Waals surface area contributed by atoms with Crippen molar-refractivity contribution < 1.29 is 4.74 Å². The summed E-state index contributed by atoms with van der Waals surface area (Å²) in [6.07, 6.45) is 2.71. The average molecular weight is 501 g/mol. The highest BCUT2D eigenvalue weighted by molar-refractivity contribution is 14.0. The quantitative estimate of drug-likeness (QED) is 0.354. The highest BCUT2D eigenvalue weighted by Crippen LogP contribution is 2.34. The summed E-state index contributed by atoms with van der Waals surface area (Å²) >= 11 is 0. The zero-order chi connectivity index (χ0) is 19.2. The van der Waals surface area contributed by atoms with Gasteiger partial charge in [-0.25, -0.2) is 0 Å². The molecule has 0 spiro atoms. The number of benzene rings is 1. The molecule has 1 saturated carbocycles. The summed E-state index contributed by atoms with van der Waals surface area (Å²) in [6.45, 7) is 7.83. The molecular weight excluding hydrogens is 465 g/mol. The molecule has 2 fully saturated rings. The zero-order valence-electron chi connectivity index (χ0n) is 17.7. The number of methoxy groups -OCH3 is 1. The van der Waals surface area contributed by atoms with E-state index in [1.807, 2.05) is 12.1 Å². The summed E-state index contributed by atoms with van der Waals surface area (Å²) in [5, 5.41) is 3.50. The molecule has 3 rings (SSSR count). The summed E-state index contributed by atoms with van der Waals surface area (Å²) < 4.78 is 5.53. The number of hydrogen-bond donors (Lipinski definition) is 1. The van der Waals surface area contributed by atoms with Crippen LogP contribution in [0.3, 0.4) is 0 Å². The molecule has 1 aromatic carbocycles. The molecule has 1 atom stereocenters. The standard InChI is InChI=1S/C21H35N5O.HI/c1-5-22-21(23-16-19(24(2)3)17-10-11-17)26-14-12-25(13-15-26)18-8-6-7-9-20(18)27-4;/h6-9,17,19H,5,10-16H2,1-4H3,(H,22,23);1H. The Labute approximate surface area is 187 Å². The third kappa shape index (κ3) is 5.89. The molecular formula is C21H36IN5O. The second-order valence-corrected chi connectivity index (χ2v) is 7.71. The van der Waals surface area contributed by atoms with Gasteiger partial charge >= 0.3 is 0 Å². The summed E-state index contributed by atoms with van der Waals surface area (Å²) in [6, 6.07) is 8.84. The Morgan fingerprint density at radius 3 is 2.46 bits per heavy atom. The lowest BCUT2D eigenvalue weighted by Crippen LogP contribution is -2.53. The lowest BCUT2D eigenvalue weighted by atomic mass is 10.2. The molecule has 2 aliphatic rings. The molecule has 1 saturated heterocycles. The Hall–Kier alpha value is -1.22. The number of aliphatic imine (C=N–C) groups is 1. The van der Waals surface area contributed by atoms with Crippen LogP contribution in [0.1, 0.15) is 19.8 Å². The predicted molar refractivity (Wildman–Crippen MR) is 128 cm³/mol. The lowest BCUT2D eigenvalue weighted by molar-refractivity contribution is 0.269. The summed E-state index contributed by atoms with van der Waals surface area (Å²) in [5.41, 5.74) is 1.18. The second kappa shape index (κ2) is 11.1. The fraction of sp³-hybridized carbons (Fsp3) is 0.667. The summed E-state index contributed by atoms with van der Waals surface area (Å²) in [4.78, 5) is 12.1. The number of nitrogens with one attached hydrogen (secondary N) is 1. The Balaban J connectivity index is 0.00000280. The zero-order valence-corrected chi connectivity index (χ0v) is 20.1. The number of nitrogens with zero attached hydrogens (tertiary/aromatic N) is 4. The van der Waals surface area contributed by atoms with E-state index in [9.17, 15) is 0 Å². The molecule has 1 unspecified atom stereocenters. The van der Waals surface area contributed by atoms with Crippen LogP contribution in [0, 0.1) is 5.92 Å². The van der Waals surface area contributed by atoms with Crippen molar-refractivity contribution in [1.29, 1.82) is 0 Å². The highest BCUT2D eigenvalue weighted by atomic mass is 127. The van der Waals surface area contributed by atoms with Crippen LogP contribution in [0.25, 0.3) is 0 Å². The Morgan fingerprint density at radius 2 is 1.89 bits per heavy atom. The van der Waals surface area contributed by atoms with E-state index >= 15 is 0 Å². The first kappa shape index (κ1) is 23.1. The molecule has 0 amide bonds. The molecule has 0 aromatic heterocycles. The number of guanidine groups is 1. The van der Waals surface area contributed by atoms with Crippen LogP contribution in [0.5, 0.6) is 5.75 Å². The molecule has 6 nitrogen and oxygen atoms in total. The van der Waals surface area contributed by atoms with Crippen molar-refractivity contribution in [3.05, 3.63) is 24.3 Å². The maximum absolute atomic E-state index is 5.53. The molecule has 1 aliphatic carbocycles. The van der Waals surface area contributed by atoms with Crippen LogP contribution < -0.4 is 15.0 Å². The highest BCUT2D eigenvalue weighted by Gasteiger charge is 2.32. The van der Waals surface area contributed by atoms with E-state index in [0.29, 0.717) is 6.04 Å². The largest absolute Gasteiger partial charge is 0.495 e. The molecule has 1 N–H and O–H groups in total. The van der Waals surface area contributed by atoms with Gasteiger partial charge in [-0.15, -0.1) is 24.0 Å². The number of para-hydroxylation sites is 2. The first-order valence-electron chi connectivity index (χ1n) is 10.2. The maximum Gasteiger partial charge on any atom is 0.194 e. The number of ether oxygens (including phenoxy) is 1. The minimum absolute atomic E-state index is 0. The number of halogens is 1. The van der Waals surface area contributed by atoms with E-state index in [2.05, 4.69) is 53.2 Å². The van der Waals surface area contributed by atoms with Crippen molar-refractivity contribution in [2.24, 2.45) is 10.9 Å². The molecule has 1 aromatic rings. The van der Waals surface area contributed by atoms with Gasteiger partial charge in [0.15, 0.2) is 5.96 Å². The number of hydrogen-bond acceptors (Lipinski definition) is 4. The molecule has 1 heterocycles. The first-order chi connectivity index (χ1) is 13.1. The number of rotatable bonds is 7. The molecule has 158 valence electrons. The maximum atomic E-state index is 5.53. The monoisotopic (exact) mass is 501 g/mol. The van der Waals surface area contributed by atoms with Crippen molar-refractivity contribution in [3.63, 3.8) is 0 Å². The van der Waals surface area contributed by atoms with Gasteiger partial charge in [0.05, 0.1) is 19.3 Å². The van der Waals surface area contributed by atoms with Crippen molar-refractivity contribution in [1.82, 2.24) is 15.1 Å². The molecule has 1 aliphatic heterocycles. The third-order valence-electron chi connectivity index (χ3n) is 5.60. The van der Waals surface area contributed by atoms with Gasteiger partial charge in [0.1, 0.15) is 5.75 Å². The van der Waals surface area contributed by atoms with Crippen LogP contribution in [-0.4, -0.2) is 82.3 Å². The van der Waals surface area contributed by atoms with Crippen LogP contribution >= 0.6 is 24.0 Å². The number of likely N-dealkylation sites (N-methyl/N-ethyl adjacent to an activating group) is 1. The second-order valence-electron chi connectivity index (χ2n) is 7.71. The third-order valence-corrected chi connectivity index (χ3v) is 5.60. The fourth-order valence-electron chi connectivity index (χ4n) is 3.87. The summed E-state index contributed by atoms with van der Waals surface area (Å²) in [5.74, 6) is 2.84. The minimum atomic E-state index is 0. The van der Waals surface area contributed by atoms with Crippen molar-refractivity contribution in [2.45, 2.75) is 25.8 Å². The van der Waals surface area contributed by atoms with Crippen LogP contribution in [0.4, 0.5) is 5.69 Å². The van der Waals surface area contributed by atoms with Gasteiger partial charge < -0.3 is 24.8 Å². The first-order valence-corrected chi connectivity index (χ1v) is 10.2. The molecule has 28 heavy (non-hydrogen) atoms. The minimum Gasteiger partial charge on any atom is -0.495 e. The summed E-state index contributed by atoms with van der Waals surface area (Å²) in [7, 11) is 6.10. The molecule has 7 heteroatoms. The van der Waals surface area contributed by atoms with Crippen LogP contribution in [0.15, 0.2) is 29.3 Å². The van der Waals surface area contributed by atoms with Crippen molar-refractivity contribution >= 4 is 35.6 Å². The lowest BCUT2D eigenvalue weighted by Gasteiger charge is -2.38. The Bertz CT molecular complexity index is 625. The van der Waals surface area contributed by atoms with E-state index in [1.165, 1.54) is 18.5 Å². The molecule has 0 bridgehead atoms.